The first-order valence-electron chi connectivity index (χ1n) is 11.3. The van der Waals surface area contributed by atoms with Crippen LogP contribution in [-0.4, -0.2) is 53.3 Å². The number of nitrogens with one attached hydrogen (secondary N) is 3. The molecule has 0 radical (unpaired) electrons. The Morgan fingerprint density at radius 1 is 1.23 bits per heavy atom. The Morgan fingerprint density at radius 3 is 2.84 bits per heavy atom. The highest BCUT2D eigenvalue weighted by Gasteiger charge is 2.39. The molecule has 3 atom stereocenters. The summed E-state index contributed by atoms with van der Waals surface area (Å²) in [5.74, 6) is 0.108. The van der Waals surface area contributed by atoms with Crippen LogP contribution in [0.2, 0.25) is 0 Å². The van der Waals surface area contributed by atoms with Gasteiger partial charge in [0.25, 0.3) is 0 Å². The molecule has 8 heteroatoms. The van der Waals surface area contributed by atoms with Crippen molar-refractivity contribution < 1.29 is 9.18 Å². The van der Waals surface area contributed by atoms with Gasteiger partial charge in [0.15, 0.2) is 0 Å². The summed E-state index contributed by atoms with van der Waals surface area (Å²) in [7, 11) is 3.98. The van der Waals surface area contributed by atoms with Gasteiger partial charge in [-0.1, -0.05) is 31.4 Å². The molecule has 0 spiro atoms. The highest BCUT2D eigenvalue weighted by molar-refractivity contribution is 5.82. The maximum atomic E-state index is 14.2. The van der Waals surface area contributed by atoms with Crippen molar-refractivity contribution in [3.05, 3.63) is 41.8 Å². The molecule has 2 fully saturated rings. The predicted octanol–water partition coefficient (Wildman–Crippen LogP) is 2.29. The van der Waals surface area contributed by atoms with Crippen LogP contribution < -0.4 is 16.2 Å². The largest absolute Gasteiger partial charge is 0.353 e. The summed E-state index contributed by atoms with van der Waals surface area (Å²) in [4.78, 5) is 14.9. The lowest BCUT2D eigenvalue weighted by Crippen LogP contribution is -2.46. The van der Waals surface area contributed by atoms with Crippen LogP contribution in [0.1, 0.15) is 37.8 Å². The first-order valence-corrected chi connectivity index (χ1v) is 11.3. The summed E-state index contributed by atoms with van der Waals surface area (Å²) < 4.78 is 16.1. The first kappa shape index (κ1) is 21.9. The van der Waals surface area contributed by atoms with Gasteiger partial charge < -0.3 is 10.2 Å². The van der Waals surface area contributed by atoms with Gasteiger partial charge in [-0.25, -0.2) is 9.82 Å². The highest BCUT2D eigenvalue weighted by Crippen LogP contribution is 2.29. The zero-order valence-electron chi connectivity index (χ0n) is 18.4. The third kappa shape index (κ3) is 5.14. The maximum absolute atomic E-state index is 14.2. The number of rotatable bonds is 7. The molecule has 4 rings (SSSR count). The lowest BCUT2D eigenvalue weighted by molar-refractivity contribution is -0.123. The molecule has 1 aliphatic heterocycles. The minimum Gasteiger partial charge on any atom is -0.353 e. The van der Waals surface area contributed by atoms with Crippen LogP contribution in [0.4, 0.5) is 4.39 Å². The van der Waals surface area contributed by atoms with Crippen molar-refractivity contribution in [1.82, 2.24) is 30.8 Å². The topological polar surface area (TPSA) is 74.2 Å². The Kier molecular flexibility index (Phi) is 6.99. The van der Waals surface area contributed by atoms with E-state index in [-0.39, 0.29) is 17.8 Å². The zero-order valence-corrected chi connectivity index (χ0v) is 18.4. The van der Waals surface area contributed by atoms with Gasteiger partial charge in [0, 0.05) is 30.6 Å². The molecule has 0 bridgehead atoms. The van der Waals surface area contributed by atoms with Crippen LogP contribution in [0.3, 0.4) is 0 Å². The molecule has 2 heterocycles. The molecule has 168 valence electrons. The van der Waals surface area contributed by atoms with Gasteiger partial charge in [-0.2, -0.15) is 5.10 Å². The summed E-state index contributed by atoms with van der Waals surface area (Å²) in [5.41, 5.74) is 8.63. The van der Waals surface area contributed by atoms with Gasteiger partial charge in [0.1, 0.15) is 11.9 Å². The van der Waals surface area contributed by atoms with E-state index in [2.05, 4.69) is 26.2 Å². The van der Waals surface area contributed by atoms with E-state index in [1.165, 1.54) is 25.3 Å². The smallest absolute Gasteiger partial charge is 0.238 e. The van der Waals surface area contributed by atoms with E-state index < -0.39 is 0 Å². The average Bonchev–Trinajstić information content (AvgIpc) is 3.24. The van der Waals surface area contributed by atoms with E-state index in [0.717, 1.165) is 18.5 Å². The summed E-state index contributed by atoms with van der Waals surface area (Å²) in [6.45, 7) is 1.71. The number of hydrogen-bond donors (Lipinski definition) is 3. The monoisotopic (exact) mass is 428 g/mol. The van der Waals surface area contributed by atoms with Crippen LogP contribution >= 0.6 is 0 Å². The Morgan fingerprint density at radius 2 is 2.03 bits per heavy atom. The number of hydrazine groups is 1. The molecule has 1 aliphatic carbocycles. The van der Waals surface area contributed by atoms with Gasteiger partial charge in [-0.05, 0) is 45.1 Å². The molecule has 7 nitrogen and oxygen atoms in total. The molecule has 1 saturated heterocycles. The SMILES string of the molecule is CN(C)Cc1cc(-c2ccccc2F)nn1CCNC(=O)C1NNC2CCCCCC21. The van der Waals surface area contributed by atoms with E-state index >= 15 is 0 Å². The van der Waals surface area contributed by atoms with Gasteiger partial charge in [-0.15, -0.1) is 0 Å². The van der Waals surface area contributed by atoms with E-state index in [1.807, 2.05) is 30.9 Å². The number of fused-ring (bicyclic) bond motifs is 1. The summed E-state index contributed by atoms with van der Waals surface area (Å²) in [6, 6.07) is 8.81. The minimum absolute atomic E-state index is 0.0394. The van der Waals surface area contributed by atoms with Crippen LogP contribution in [0, 0.1) is 11.7 Å². The molecule has 1 saturated carbocycles. The average molecular weight is 429 g/mol. The Bertz CT molecular complexity index is 898. The van der Waals surface area contributed by atoms with Crippen molar-refractivity contribution in [2.45, 2.75) is 57.3 Å². The lowest BCUT2D eigenvalue weighted by atomic mass is 9.90. The van der Waals surface area contributed by atoms with Gasteiger partial charge in [-0.3, -0.25) is 14.9 Å². The Hall–Kier alpha value is -2.29. The van der Waals surface area contributed by atoms with E-state index in [1.54, 1.807) is 12.1 Å². The number of nitrogens with zero attached hydrogens (tertiary/aromatic N) is 3. The molecule has 1 aromatic carbocycles. The van der Waals surface area contributed by atoms with E-state index in [4.69, 9.17) is 0 Å². The van der Waals surface area contributed by atoms with Crippen molar-refractivity contribution >= 4 is 5.91 Å². The Balaban J connectivity index is 1.40. The standard InChI is InChI=1S/C23H33FN6O/c1-29(2)15-16-14-21(17-8-6-7-10-19(17)24)28-30(16)13-12-25-23(31)22-18-9-4-3-5-11-20(18)26-27-22/h6-8,10,14,18,20,22,26-27H,3-5,9,11-13,15H2,1-2H3,(H,25,31). The number of halogens is 1. The molecule has 2 aromatic rings. The zero-order chi connectivity index (χ0) is 21.8. The maximum Gasteiger partial charge on any atom is 0.238 e. The molecular formula is C23H33FN6O. The van der Waals surface area contributed by atoms with Crippen molar-refractivity contribution in [2.24, 2.45) is 5.92 Å². The van der Waals surface area contributed by atoms with Crippen molar-refractivity contribution in [2.75, 3.05) is 20.6 Å². The van der Waals surface area contributed by atoms with Gasteiger partial charge in [0.2, 0.25) is 5.91 Å². The van der Waals surface area contributed by atoms with Crippen LogP contribution in [-0.2, 0) is 17.9 Å². The summed E-state index contributed by atoms with van der Waals surface area (Å²) in [6.07, 6.45) is 5.88. The number of carbonyl (C=O) groups is 1. The number of hydrogen-bond acceptors (Lipinski definition) is 5. The number of aromatic nitrogens is 2. The molecule has 2 aliphatic rings. The molecule has 3 unspecified atom stereocenters. The molecule has 3 N–H and O–H groups in total. The number of amides is 1. The van der Waals surface area contributed by atoms with Crippen molar-refractivity contribution in [1.29, 1.82) is 0 Å². The van der Waals surface area contributed by atoms with Gasteiger partial charge >= 0.3 is 0 Å². The van der Waals surface area contributed by atoms with E-state index in [9.17, 15) is 9.18 Å². The van der Waals surface area contributed by atoms with Crippen LogP contribution in [0.15, 0.2) is 30.3 Å². The second-order valence-electron chi connectivity index (χ2n) is 8.93. The van der Waals surface area contributed by atoms with E-state index in [0.29, 0.717) is 42.9 Å². The summed E-state index contributed by atoms with van der Waals surface area (Å²) in [5, 5.41) is 7.71. The molecule has 1 amide bonds. The summed E-state index contributed by atoms with van der Waals surface area (Å²) >= 11 is 0. The normalized spacial score (nSPS) is 23.5. The molecule has 1 aromatic heterocycles. The highest BCUT2D eigenvalue weighted by atomic mass is 19.1. The second kappa shape index (κ2) is 9.89. The molecular weight excluding hydrogens is 395 g/mol. The lowest BCUT2D eigenvalue weighted by Gasteiger charge is -2.20. The van der Waals surface area contributed by atoms with Crippen LogP contribution in [0.25, 0.3) is 11.3 Å². The molecule has 31 heavy (non-hydrogen) atoms. The van der Waals surface area contributed by atoms with Crippen LogP contribution in [0.5, 0.6) is 0 Å². The predicted molar refractivity (Wildman–Crippen MR) is 118 cm³/mol. The van der Waals surface area contributed by atoms with Gasteiger partial charge in [0.05, 0.1) is 17.9 Å². The number of benzene rings is 1. The minimum atomic E-state index is -0.283. The third-order valence-corrected chi connectivity index (χ3v) is 6.32. The quantitative estimate of drug-likeness (QED) is 0.631. The number of carbonyl (C=O) groups excluding carboxylic acids is 1. The fourth-order valence-corrected chi connectivity index (χ4v) is 4.77. The third-order valence-electron chi connectivity index (χ3n) is 6.32. The Labute approximate surface area is 183 Å². The van der Waals surface area contributed by atoms with Crippen molar-refractivity contribution in [3.63, 3.8) is 0 Å². The first-order chi connectivity index (χ1) is 15.0. The fraction of sp³-hybridized carbons (Fsp3) is 0.565. The second-order valence-corrected chi connectivity index (χ2v) is 8.93. The fourth-order valence-electron chi connectivity index (χ4n) is 4.77. The van der Waals surface area contributed by atoms with Crippen molar-refractivity contribution in [3.8, 4) is 11.3 Å².